The molecule has 666 valence electrons. The van der Waals surface area contributed by atoms with Crippen molar-refractivity contribution in [2.45, 2.75) is 0 Å². The predicted molar refractivity (Wildman–Crippen MR) is 601 cm³/mol. The predicted octanol–water partition coefficient (Wildman–Crippen LogP) is 38.9. The number of anilines is 9. The lowest BCUT2D eigenvalue weighted by molar-refractivity contribution is 1.28. The molecule has 0 aliphatic rings. The molecule has 0 aliphatic heterocycles. The summed E-state index contributed by atoms with van der Waals surface area (Å²) < 4.78 is 0. The molecule has 0 atom stereocenters. The Bertz CT molecular complexity index is 7870. The number of benzene rings is 24. The number of fused-ring (bicyclic) bond motifs is 3. The molecule has 0 radical (unpaired) electrons. The molecule has 0 bridgehead atoms. The van der Waals surface area contributed by atoms with Crippen molar-refractivity contribution in [1.82, 2.24) is 0 Å². The molecule has 0 spiro atoms. The normalized spacial score (nSPS) is 11.0. The zero-order valence-corrected chi connectivity index (χ0v) is 78.0. The van der Waals surface area contributed by atoms with Gasteiger partial charge in [-0.15, -0.1) is 0 Å². The molecule has 0 amide bonds. The molecular weight excluding hydrogens is 1700 g/mol. The van der Waals surface area contributed by atoms with E-state index < -0.39 is 0 Å². The molecule has 0 saturated heterocycles. The Labute approximate surface area is 826 Å². The zero-order valence-electron chi connectivity index (χ0n) is 78.0. The second-order valence-electron chi connectivity index (χ2n) is 35.5. The van der Waals surface area contributed by atoms with Crippen LogP contribution < -0.4 is 14.7 Å². The molecule has 0 N–H and O–H groups in total. The van der Waals surface area contributed by atoms with Gasteiger partial charge >= 0.3 is 0 Å². The van der Waals surface area contributed by atoms with Crippen LogP contribution in [0.1, 0.15) is 0 Å². The van der Waals surface area contributed by atoms with Crippen LogP contribution in [0, 0.1) is 0 Å². The molecule has 3 nitrogen and oxygen atoms in total. The van der Waals surface area contributed by atoms with Crippen molar-refractivity contribution < 1.29 is 0 Å². The lowest BCUT2D eigenvalue weighted by atomic mass is 9.96. The summed E-state index contributed by atoms with van der Waals surface area (Å²) in [6, 6.07) is 215. The maximum Gasteiger partial charge on any atom is 0.0467 e. The fourth-order valence-corrected chi connectivity index (χ4v) is 19.4. The van der Waals surface area contributed by atoms with Crippen molar-refractivity contribution in [3.05, 3.63) is 601 Å². The van der Waals surface area contributed by atoms with Gasteiger partial charge in [-0.25, -0.2) is 0 Å². The molecule has 0 fully saturated rings. The first kappa shape index (κ1) is 87.8. The lowest BCUT2D eigenvalue weighted by Crippen LogP contribution is -2.10. The molecule has 0 unspecified atom stereocenters. The van der Waals surface area contributed by atoms with Crippen LogP contribution in [0.3, 0.4) is 0 Å². The molecular formula is C138H99N3. The quantitative estimate of drug-likeness (QED) is 0.0710. The highest BCUT2D eigenvalue weighted by atomic mass is 15.2. The van der Waals surface area contributed by atoms with E-state index in [0.717, 1.165) is 51.2 Å². The van der Waals surface area contributed by atoms with Crippen molar-refractivity contribution in [1.29, 1.82) is 0 Å². The Balaban J connectivity index is 0.000000122. The summed E-state index contributed by atoms with van der Waals surface area (Å²) in [4.78, 5) is 7.06. The summed E-state index contributed by atoms with van der Waals surface area (Å²) in [6.07, 6.45) is 0. The molecule has 0 aromatic heterocycles. The maximum atomic E-state index is 2.40. The van der Waals surface area contributed by atoms with Crippen LogP contribution in [0.25, 0.3) is 166 Å². The third kappa shape index (κ3) is 19.7. The van der Waals surface area contributed by atoms with Gasteiger partial charge in [0.25, 0.3) is 0 Å². The number of hydrogen-bond donors (Lipinski definition) is 0. The molecule has 3 heteroatoms. The highest BCUT2D eigenvalue weighted by Gasteiger charge is 2.22. The van der Waals surface area contributed by atoms with Crippen LogP contribution in [0.5, 0.6) is 0 Å². The fraction of sp³-hybridized carbons (Fsp3) is 0. The summed E-state index contributed by atoms with van der Waals surface area (Å²) in [6.45, 7) is 0. The standard InChI is InChI=1S/C48H33N.C48H35N.C42H31N/c1-4-25-43-34(13-1)16-10-28-46(43)37-19-7-22-40(31-37)49(41-23-8-20-38(32-41)47-29-11-17-35-14-2-5-26-44(35)47)42-24-9-21-39(33-42)48-30-12-18-36-15-3-6-27-45(36)48;1-4-12-36(13-5-1)39-22-28-46(29-23-39)49(47-30-24-40(25-31-47)44-20-10-18-42(34-44)37-14-6-2-7-15-37)48-32-26-41(27-33-48)45-21-11-19-43(35-45)38-16-8-3-9-17-38;1-4-11-32(12-5-1)35-19-25-40(26-20-35)43(41-27-21-36(22-28-41)33-13-6-2-7-14-33)42-29-23-37(24-30-42)39-18-10-17-38(31-39)34-15-8-3-9-16-34/h1-33H;1-35H;1-31H. The summed E-state index contributed by atoms with van der Waals surface area (Å²) >= 11 is 0. The van der Waals surface area contributed by atoms with Crippen LogP contribution in [-0.2, 0) is 0 Å². The second kappa shape index (κ2) is 41.3. The number of nitrogens with zero attached hydrogens (tertiary/aromatic N) is 3. The SMILES string of the molecule is c1cc(-c2cccc3ccccc23)cc(N(c2cccc(-c3cccc4ccccc34)c2)c2cccc(-c3cccc4ccccc34)c2)c1.c1ccc(-c2ccc(N(c3ccc(-c4cccc(-c5ccccc5)c4)cc3)c3ccc(-c4cccc(-c5ccccc5)c4)cc3)cc2)cc1.c1ccc(-c2ccc(N(c3ccc(-c4ccccc4)cc3)c3ccc(-c4cccc(-c5ccccc5)c4)cc3)cc2)cc1. The smallest absolute Gasteiger partial charge is 0.0467 e. The van der Waals surface area contributed by atoms with Gasteiger partial charge in [0.05, 0.1) is 0 Å². The van der Waals surface area contributed by atoms with E-state index in [4.69, 9.17) is 0 Å². The van der Waals surface area contributed by atoms with E-state index in [2.05, 4.69) is 615 Å². The molecule has 0 heterocycles. The van der Waals surface area contributed by atoms with E-state index in [1.54, 1.807) is 0 Å². The Kier molecular flexibility index (Phi) is 25.7. The van der Waals surface area contributed by atoms with Gasteiger partial charge < -0.3 is 14.7 Å². The average Bonchev–Trinajstić information content (AvgIpc) is 0.794. The molecule has 141 heavy (non-hydrogen) atoms. The summed E-state index contributed by atoms with van der Waals surface area (Å²) in [5.41, 5.74) is 39.0. The first-order valence-electron chi connectivity index (χ1n) is 48.3. The van der Waals surface area contributed by atoms with Crippen LogP contribution in [0.4, 0.5) is 51.2 Å². The average molecular weight is 1800 g/mol. The van der Waals surface area contributed by atoms with Gasteiger partial charge in [0.1, 0.15) is 0 Å². The largest absolute Gasteiger partial charge is 0.311 e. The van der Waals surface area contributed by atoms with E-state index >= 15 is 0 Å². The first-order valence-corrected chi connectivity index (χ1v) is 48.3. The van der Waals surface area contributed by atoms with Crippen molar-refractivity contribution in [2.24, 2.45) is 0 Å². The van der Waals surface area contributed by atoms with Crippen LogP contribution in [-0.4, -0.2) is 0 Å². The van der Waals surface area contributed by atoms with Crippen LogP contribution in [0.2, 0.25) is 0 Å². The first-order chi connectivity index (χ1) is 69.9. The number of rotatable bonds is 21. The Morgan fingerprint density at radius 1 is 0.0851 bits per heavy atom. The summed E-state index contributed by atoms with van der Waals surface area (Å²) in [5, 5.41) is 7.49. The van der Waals surface area contributed by atoms with E-state index in [1.807, 2.05) is 0 Å². The lowest BCUT2D eigenvalue weighted by Gasteiger charge is -2.27. The van der Waals surface area contributed by atoms with Crippen molar-refractivity contribution in [3.8, 4) is 134 Å². The Morgan fingerprint density at radius 3 is 0.461 bits per heavy atom. The minimum Gasteiger partial charge on any atom is -0.311 e. The summed E-state index contributed by atoms with van der Waals surface area (Å²) in [7, 11) is 0. The zero-order chi connectivity index (χ0) is 94.3. The minimum absolute atomic E-state index is 1.11. The van der Waals surface area contributed by atoms with E-state index in [1.165, 1.54) is 166 Å². The third-order valence-corrected chi connectivity index (χ3v) is 26.6. The van der Waals surface area contributed by atoms with Gasteiger partial charge in [-0.2, -0.15) is 0 Å². The monoisotopic (exact) mass is 1800 g/mol. The van der Waals surface area contributed by atoms with E-state index in [9.17, 15) is 0 Å². The van der Waals surface area contributed by atoms with Crippen molar-refractivity contribution >= 4 is 83.5 Å². The highest BCUT2D eigenvalue weighted by molar-refractivity contribution is 6.02. The molecule has 24 aromatic carbocycles. The van der Waals surface area contributed by atoms with Gasteiger partial charge in [0, 0.05) is 51.2 Å². The van der Waals surface area contributed by atoms with Gasteiger partial charge in [-0.05, 0) is 293 Å². The third-order valence-electron chi connectivity index (χ3n) is 26.6. The Hall–Kier alpha value is -18.5. The molecule has 24 aromatic rings. The van der Waals surface area contributed by atoms with Gasteiger partial charge in [-0.1, -0.05) is 473 Å². The minimum atomic E-state index is 1.11. The topological polar surface area (TPSA) is 9.72 Å². The van der Waals surface area contributed by atoms with Crippen LogP contribution >= 0.6 is 0 Å². The van der Waals surface area contributed by atoms with Gasteiger partial charge in [-0.3, -0.25) is 0 Å². The summed E-state index contributed by atoms with van der Waals surface area (Å²) in [5.74, 6) is 0. The van der Waals surface area contributed by atoms with E-state index in [0.29, 0.717) is 0 Å². The van der Waals surface area contributed by atoms with Crippen LogP contribution in [0.15, 0.2) is 601 Å². The molecule has 0 saturated carbocycles. The highest BCUT2D eigenvalue weighted by Crippen LogP contribution is 2.46. The van der Waals surface area contributed by atoms with E-state index in [-0.39, 0.29) is 0 Å². The molecule has 0 aliphatic carbocycles. The van der Waals surface area contributed by atoms with Gasteiger partial charge in [0.2, 0.25) is 0 Å². The second-order valence-corrected chi connectivity index (χ2v) is 35.5. The Morgan fingerprint density at radius 2 is 0.234 bits per heavy atom. The van der Waals surface area contributed by atoms with Crippen molar-refractivity contribution in [2.75, 3.05) is 14.7 Å². The number of hydrogen-bond acceptors (Lipinski definition) is 3. The van der Waals surface area contributed by atoms with Crippen molar-refractivity contribution in [3.63, 3.8) is 0 Å². The fourth-order valence-electron chi connectivity index (χ4n) is 19.4. The maximum absolute atomic E-state index is 2.40. The molecule has 24 rings (SSSR count). The van der Waals surface area contributed by atoms with Gasteiger partial charge in [0.15, 0.2) is 0 Å².